The molecule has 1 heterocycles. The third-order valence-electron chi connectivity index (χ3n) is 12.8. The van der Waals surface area contributed by atoms with Crippen LogP contribution in [0.1, 0.15) is 115 Å². The molecule has 0 saturated heterocycles. The van der Waals surface area contributed by atoms with Crippen LogP contribution in [0.25, 0.3) is 0 Å². The normalized spacial score (nSPS) is 35.6. The van der Waals surface area contributed by atoms with Gasteiger partial charge in [0.2, 0.25) is 5.91 Å². The first-order valence-corrected chi connectivity index (χ1v) is 17.9. The van der Waals surface area contributed by atoms with Crippen molar-refractivity contribution in [1.82, 2.24) is 5.32 Å². The van der Waals surface area contributed by atoms with Gasteiger partial charge < -0.3 is 41.3 Å². The quantitative estimate of drug-likeness (QED) is 0.0765. The van der Waals surface area contributed by atoms with Crippen LogP contribution in [-0.2, 0) is 19.1 Å². The number of hydrogen-bond donors (Lipinski definition) is 6. The second-order valence-corrected chi connectivity index (χ2v) is 15.5. The average Bonchev–Trinajstić information content (AvgIpc) is 3.31. The Labute approximate surface area is 287 Å². The third kappa shape index (κ3) is 7.52. The number of esters is 1. The number of nitrogens with zero attached hydrogens (tertiary/aromatic N) is 1. The number of amides is 1. The number of rotatable bonds is 13. The zero-order valence-electron chi connectivity index (χ0n) is 28.8. The molecular formula is C36H54N4O9. The maximum atomic E-state index is 13.5. The van der Waals surface area contributed by atoms with Crippen LogP contribution in [-0.4, -0.2) is 69.5 Å². The highest BCUT2D eigenvalue weighted by molar-refractivity contribution is 5.84. The van der Waals surface area contributed by atoms with Gasteiger partial charge in [-0.2, -0.15) is 0 Å². The van der Waals surface area contributed by atoms with Gasteiger partial charge in [0, 0.05) is 30.9 Å². The highest BCUT2D eigenvalue weighted by atomic mass is 16.5. The summed E-state index contributed by atoms with van der Waals surface area (Å²) in [6.45, 7) is 4.61. The monoisotopic (exact) mass is 686 g/mol. The largest absolute Gasteiger partial charge is 0.481 e. The first-order valence-electron chi connectivity index (χ1n) is 17.9. The van der Waals surface area contributed by atoms with Crippen LogP contribution in [0.3, 0.4) is 0 Å². The van der Waals surface area contributed by atoms with E-state index < -0.39 is 40.7 Å². The zero-order valence-corrected chi connectivity index (χ0v) is 28.8. The van der Waals surface area contributed by atoms with Crippen molar-refractivity contribution in [2.75, 3.05) is 6.54 Å². The van der Waals surface area contributed by atoms with Crippen LogP contribution in [0.5, 0.6) is 0 Å². The van der Waals surface area contributed by atoms with Gasteiger partial charge in [0.25, 0.3) is 0 Å². The molecule has 0 bridgehead atoms. The molecular weight excluding hydrogens is 632 g/mol. The summed E-state index contributed by atoms with van der Waals surface area (Å²) in [4.78, 5) is 52.6. The van der Waals surface area contributed by atoms with Crippen molar-refractivity contribution in [3.8, 4) is 0 Å². The smallest absolute Gasteiger partial charge is 0.335 e. The number of aliphatic hydroxyl groups is 2. The van der Waals surface area contributed by atoms with Gasteiger partial charge in [-0.3, -0.25) is 14.6 Å². The van der Waals surface area contributed by atoms with E-state index >= 15 is 0 Å². The molecule has 5 rings (SSSR count). The van der Waals surface area contributed by atoms with Crippen LogP contribution < -0.4 is 22.4 Å². The minimum absolute atomic E-state index is 0.0226. The Kier molecular flexibility index (Phi) is 11.1. The molecule has 13 nitrogen and oxygen atoms in total. The van der Waals surface area contributed by atoms with Crippen LogP contribution in [0.15, 0.2) is 32.6 Å². The molecule has 4 fully saturated rings. The van der Waals surface area contributed by atoms with Gasteiger partial charge in [-0.1, -0.05) is 13.8 Å². The topological polar surface area (TPSA) is 228 Å². The van der Waals surface area contributed by atoms with E-state index in [1.54, 1.807) is 6.07 Å². The standard InChI is InChI=1S/C36H54N4O9/c1-34-15-13-23(49-32(46)26(6-5-17-39-33(37)38)40-28(42)7-3-4-8-29(43)44)18-22(34)10-11-25-31(34)27(41)19-35(2)24(14-16-36(25,35)47)21-9-12-30(45)48-20-21/h9,12,20,22-27,31,41,47H,3-8,10-11,13-19H2,1-2H3,(H,40,42)(H,43,44)(H4,37,38,39)/t22?,23-,24+,25+,26-,27?,31+,34-,35+,36-/m0/s1. The summed E-state index contributed by atoms with van der Waals surface area (Å²) in [6, 6.07) is 2.32. The maximum Gasteiger partial charge on any atom is 0.335 e. The number of carboxylic acid groups (broad SMARTS) is 1. The number of aliphatic carboxylic acids is 1. The molecule has 13 heteroatoms. The Morgan fingerprint density at radius 1 is 1.08 bits per heavy atom. The highest BCUT2D eigenvalue weighted by Crippen LogP contribution is 2.70. The predicted molar refractivity (Wildman–Crippen MR) is 180 cm³/mol. The van der Waals surface area contributed by atoms with Crippen molar-refractivity contribution in [3.05, 3.63) is 34.4 Å². The minimum Gasteiger partial charge on any atom is -0.481 e. The van der Waals surface area contributed by atoms with Crippen LogP contribution in [0, 0.1) is 28.6 Å². The van der Waals surface area contributed by atoms with E-state index in [-0.39, 0.29) is 66.3 Å². The van der Waals surface area contributed by atoms with Gasteiger partial charge in [-0.25, -0.2) is 9.59 Å². The van der Waals surface area contributed by atoms with Gasteiger partial charge in [0.15, 0.2) is 5.96 Å². The fourth-order valence-electron chi connectivity index (χ4n) is 10.3. The number of carboxylic acids is 1. The van der Waals surface area contributed by atoms with Crippen molar-refractivity contribution in [3.63, 3.8) is 0 Å². The second-order valence-electron chi connectivity index (χ2n) is 15.5. The van der Waals surface area contributed by atoms with Crippen molar-refractivity contribution >= 4 is 23.8 Å². The fourth-order valence-corrected chi connectivity index (χ4v) is 10.3. The van der Waals surface area contributed by atoms with Crippen LogP contribution in [0.4, 0.5) is 0 Å². The summed E-state index contributed by atoms with van der Waals surface area (Å²) in [5, 5.41) is 36.1. The molecule has 49 heavy (non-hydrogen) atoms. The number of fused-ring (bicyclic) bond motifs is 5. The summed E-state index contributed by atoms with van der Waals surface area (Å²) in [7, 11) is 0. The Morgan fingerprint density at radius 3 is 2.53 bits per heavy atom. The Hall–Kier alpha value is -3.45. The lowest BCUT2D eigenvalue weighted by Gasteiger charge is -2.65. The van der Waals surface area contributed by atoms with Gasteiger partial charge in [0.05, 0.1) is 18.0 Å². The molecule has 8 N–H and O–H groups in total. The Balaban J connectivity index is 1.24. The SMILES string of the molecule is C[C@]12CC[C@H](OC(=O)[C@H](CCCN=C(N)N)NC(=O)CCCCC(=O)O)CC1CC[C@@H]1[C@@H]2C(O)C[C@]2(C)[C@@H](c3ccc(=O)oc3)CC[C@]12O. The zero-order chi connectivity index (χ0) is 35.6. The Bertz CT molecular complexity index is 1440. The molecule has 4 aliphatic rings. The predicted octanol–water partition coefficient (Wildman–Crippen LogP) is 2.95. The molecule has 272 valence electrons. The lowest BCUT2D eigenvalue weighted by Crippen LogP contribution is -2.66. The number of nitrogens with one attached hydrogen (secondary N) is 1. The number of carbonyl (C=O) groups excluding carboxylic acids is 2. The average molecular weight is 687 g/mol. The van der Waals surface area contributed by atoms with E-state index in [9.17, 15) is 29.4 Å². The second kappa shape index (κ2) is 14.8. The van der Waals surface area contributed by atoms with E-state index in [0.717, 1.165) is 31.2 Å². The number of hydrogen-bond acceptors (Lipinski definition) is 9. The van der Waals surface area contributed by atoms with Gasteiger partial charge in [-0.05, 0) is 118 Å². The number of ether oxygens (including phenoxy) is 1. The van der Waals surface area contributed by atoms with Crippen LogP contribution in [0.2, 0.25) is 0 Å². The summed E-state index contributed by atoms with van der Waals surface area (Å²) in [6.07, 6.45) is 7.55. The van der Waals surface area contributed by atoms with Crippen molar-refractivity contribution in [2.45, 2.75) is 134 Å². The maximum absolute atomic E-state index is 13.5. The molecule has 0 radical (unpaired) electrons. The van der Waals surface area contributed by atoms with Crippen LogP contribution >= 0.6 is 0 Å². The molecule has 0 aromatic carbocycles. The van der Waals surface area contributed by atoms with Gasteiger partial charge in [-0.15, -0.1) is 0 Å². The first-order chi connectivity index (χ1) is 23.2. The number of aliphatic imine (C=N–C) groups is 1. The first kappa shape index (κ1) is 36.8. The van der Waals surface area contributed by atoms with E-state index in [2.05, 4.69) is 24.2 Å². The van der Waals surface area contributed by atoms with Crippen molar-refractivity contribution < 1.29 is 38.9 Å². The van der Waals surface area contributed by atoms with E-state index in [1.165, 1.54) is 12.3 Å². The van der Waals surface area contributed by atoms with Gasteiger partial charge >= 0.3 is 17.6 Å². The summed E-state index contributed by atoms with van der Waals surface area (Å²) in [5.41, 5.74) is 9.56. The molecule has 0 aliphatic heterocycles. The molecule has 4 aliphatic carbocycles. The lowest BCUT2D eigenvalue weighted by molar-refractivity contribution is -0.240. The summed E-state index contributed by atoms with van der Waals surface area (Å²) < 4.78 is 11.3. The van der Waals surface area contributed by atoms with E-state index in [0.29, 0.717) is 51.5 Å². The minimum atomic E-state index is -0.966. The third-order valence-corrected chi connectivity index (χ3v) is 12.8. The number of nitrogens with two attached hydrogens (primary N) is 2. The van der Waals surface area contributed by atoms with E-state index in [4.69, 9.17) is 25.7 Å². The van der Waals surface area contributed by atoms with Crippen molar-refractivity contribution in [2.24, 2.45) is 45.0 Å². The van der Waals surface area contributed by atoms with Gasteiger partial charge in [0.1, 0.15) is 12.1 Å². The number of unbranched alkanes of at least 4 members (excludes halogenated alkanes) is 1. The molecule has 0 spiro atoms. The Morgan fingerprint density at radius 2 is 1.84 bits per heavy atom. The molecule has 4 saturated carbocycles. The molecule has 1 aromatic rings. The lowest BCUT2D eigenvalue weighted by atomic mass is 9.42. The fraction of sp³-hybridized carbons (Fsp3) is 0.750. The summed E-state index contributed by atoms with van der Waals surface area (Å²) in [5.74, 6) is -1.85. The van der Waals surface area contributed by atoms with Crippen molar-refractivity contribution in [1.29, 1.82) is 0 Å². The van der Waals surface area contributed by atoms with E-state index in [1.807, 2.05) is 0 Å². The number of carbonyl (C=O) groups is 3. The molecule has 1 amide bonds. The molecule has 10 atom stereocenters. The molecule has 1 aromatic heterocycles. The number of aliphatic hydroxyl groups excluding tert-OH is 1. The number of guanidine groups is 1. The molecule has 2 unspecified atom stereocenters. The summed E-state index contributed by atoms with van der Waals surface area (Å²) >= 11 is 0. The highest BCUT2D eigenvalue weighted by Gasteiger charge is 2.69.